The summed E-state index contributed by atoms with van der Waals surface area (Å²) in [7, 11) is 1.53. The van der Waals surface area contributed by atoms with Crippen molar-refractivity contribution >= 4 is 23.2 Å². The number of carbonyl (C=O) groups excluding carboxylic acids is 1. The number of carbonyl (C=O) groups is 2. The van der Waals surface area contributed by atoms with Gasteiger partial charge in [-0.15, -0.1) is 11.3 Å². The molecule has 0 aliphatic heterocycles. The van der Waals surface area contributed by atoms with E-state index in [1.165, 1.54) is 18.4 Å². The Labute approximate surface area is 144 Å². The molecule has 2 aromatic rings. The van der Waals surface area contributed by atoms with Gasteiger partial charge in [0.15, 0.2) is 11.5 Å². The summed E-state index contributed by atoms with van der Waals surface area (Å²) < 4.78 is 10.7. The zero-order valence-electron chi connectivity index (χ0n) is 13.4. The van der Waals surface area contributed by atoms with Crippen molar-refractivity contribution in [1.82, 2.24) is 5.32 Å². The zero-order valence-corrected chi connectivity index (χ0v) is 14.3. The van der Waals surface area contributed by atoms with Crippen molar-refractivity contribution in [3.63, 3.8) is 0 Å². The fourth-order valence-electron chi connectivity index (χ4n) is 2.21. The Morgan fingerprint density at radius 3 is 2.67 bits per heavy atom. The number of carboxylic acids is 1. The van der Waals surface area contributed by atoms with Crippen LogP contribution in [-0.4, -0.2) is 30.7 Å². The maximum Gasteiger partial charge on any atom is 0.305 e. The molecule has 1 heterocycles. The summed E-state index contributed by atoms with van der Waals surface area (Å²) in [4.78, 5) is 24.4. The third-order valence-corrected chi connectivity index (χ3v) is 4.28. The number of hydrogen-bond acceptors (Lipinski definition) is 5. The van der Waals surface area contributed by atoms with Gasteiger partial charge >= 0.3 is 5.97 Å². The van der Waals surface area contributed by atoms with E-state index in [1.54, 1.807) is 24.3 Å². The second-order valence-electron chi connectivity index (χ2n) is 4.94. The quantitative estimate of drug-likeness (QED) is 0.765. The van der Waals surface area contributed by atoms with Crippen molar-refractivity contribution in [2.24, 2.45) is 0 Å². The normalized spacial score (nSPS) is 11.6. The second kappa shape index (κ2) is 8.35. The molecule has 24 heavy (non-hydrogen) atoms. The van der Waals surface area contributed by atoms with Gasteiger partial charge in [0.2, 0.25) is 0 Å². The van der Waals surface area contributed by atoms with Crippen molar-refractivity contribution in [2.45, 2.75) is 19.4 Å². The van der Waals surface area contributed by atoms with E-state index >= 15 is 0 Å². The zero-order chi connectivity index (χ0) is 17.5. The Balaban J connectivity index is 2.20. The minimum absolute atomic E-state index is 0.180. The summed E-state index contributed by atoms with van der Waals surface area (Å²) in [5, 5.41) is 13.7. The topological polar surface area (TPSA) is 84.9 Å². The number of benzene rings is 1. The molecule has 0 saturated carbocycles. The van der Waals surface area contributed by atoms with Crippen LogP contribution in [0.15, 0.2) is 35.7 Å². The van der Waals surface area contributed by atoms with E-state index in [-0.39, 0.29) is 12.3 Å². The van der Waals surface area contributed by atoms with Gasteiger partial charge in [0, 0.05) is 10.4 Å². The number of ether oxygens (including phenoxy) is 2. The number of thiophene rings is 1. The second-order valence-corrected chi connectivity index (χ2v) is 5.92. The molecule has 2 N–H and O–H groups in total. The molecule has 1 aromatic carbocycles. The molecular formula is C17H19NO5S. The summed E-state index contributed by atoms with van der Waals surface area (Å²) in [5.41, 5.74) is 0.381. The van der Waals surface area contributed by atoms with E-state index in [2.05, 4.69) is 5.32 Å². The summed E-state index contributed by atoms with van der Waals surface area (Å²) in [5.74, 6) is -0.330. The molecular weight excluding hydrogens is 330 g/mol. The van der Waals surface area contributed by atoms with Crippen LogP contribution >= 0.6 is 11.3 Å². The van der Waals surface area contributed by atoms with E-state index in [1.807, 2.05) is 18.4 Å². The number of aliphatic carboxylic acids is 1. The van der Waals surface area contributed by atoms with Crippen LogP contribution in [0.2, 0.25) is 0 Å². The molecule has 0 saturated heterocycles. The highest BCUT2D eigenvalue weighted by atomic mass is 32.1. The van der Waals surface area contributed by atoms with Gasteiger partial charge in [0.05, 0.1) is 26.2 Å². The van der Waals surface area contributed by atoms with Crippen LogP contribution < -0.4 is 14.8 Å². The fourth-order valence-corrected chi connectivity index (χ4v) is 2.99. The lowest BCUT2D eigenvalue weighted by molar-refractivity contribution is -0.137. The van der Waals surface area contributed by atoms with Crippen molar-refractivity contribution in [3.8, 4) is 11.5 Å². The standard InChI is InChI=1S/C17H19NO5S/c1-3-23-14-9-11(6-7-13(14)22-2)17(21)18-12(10-16(19)20)15-5-4-8-24-15/h4-9,12H,3,10H2,1-2H3,(H,18,21)(H,19,20)/t12-/m1/s1. The van der Waals surface area contributed by atoms with E-state index in [4.69, 9.17) is 14.6 Å². The summed E-state index contributed by atoms with van der Waals surface area (Å²) >= 11 is 1.40. The van der Waals surface area contributed by atoms with Gasteiger partial charge in [-0.1, -0.05) is 6.07 Å². The van der Waals surface area contributed by atoms with Gasteiger partial charge in [-0.05, 0) is 36.6 Å². The van der Waals surface area contributed by atoms with Crippen LogP contribution in [0, 0.1) is 0 Å². The van der Waals surface area contributed by atoms with E-state index in [0.717, 1.165) is 4.88 Å². The molecule has 7 heteroatoms. The molecule has 0 bridgehead atoms. The predicted octanol–water partition coefficient (Wildman–Crippen LogP) is 3.10. The van der Waals surface area contributed by atoms with Crippen LogP contribution in [0.5, 0.6) is 11.5 Å². The Kier molecular flexibility index (Phi) is 6.20. The van der Waals surface area contributed by atoms with Gasteiger partial charge in [-0.3, -0.25) is 9.59 Å². The monoisotopic (exact) mass is 349 g/mol. The summed E-state index contributed by atoms with van der Waals surface area (Å²) in [6.45, 7) is 2.28. The van der Waals surface area contributed by atoms with Crippen molar-refractivity contribution in [1.29, 1.82) is 0 Å². The summed E-state index contributed by atoms with van der Waals surface area (Å²) in [6.07, 6.45) is -0.180. The molecule has 2 rings (SSSR count). The van der Waals surface area contributed by atoms with E-state index in [0.29, 0.717) is 23.7 Å². The van der Waals surface area contributed by atoms with Gasteiger partial charge < -0.3 is 19.9 Å². The number of hydrogen-bond donors (Lipinski definition) is 2. The molecule has 6 nitrogen and oxygen atoms in total. The maximum atomic E-state index is 12.5. The first-order chi connectivity index (χ1) is 11.5. The minimum Gasteiger partial charge on any atom is -0.493 e. The van der Waals surface area contributed by atoms with Gasteiger partial charge in [-0.2, -0.15) is 0 Å². The van der Waals surface area contributed by atoms with E-state index in [9.17, 15) is 9.59 Å². The third kappa shape index (κ3) is 4.48. The molecule has 0 spiro atoms. The molecule has 1 atom stereocenters. The number of carboxylic acid groups (broad SMARTS) is 1. The lowest BCUT2D eigenvalue weighted by atomic mass is 10.1. The Morgan fingerprint density at radius 2 is 2.08 bits per heavy atom. The van der Waals surface area contributed by atoms with Gasteiger partial charge in [0.25, 0.3) is 5.91 Å². The van der Waals surface area contributed by atoms with E-state index < -0.39 is 12.0 Å². The number of methoxy groups -OCH3 is 1. The lowest BCUT2D eigenvalue weighted by Crippen LogP contribution is -2.29. The largest absolute Gasteiger partial charge is 0.493 e. The first kappa shape index (κ1) is 17.8. The van der Waals surface area contributed by atoms with Gasteiger partial charge in [0.1, 0.15) is 0 Å². The average molecular weight is 349 g/mol. The highest BCUT2D eigenvalue weighted by Gasteiger charge is 2.20. The molecule has 0 fully saturated rings. The van der Waals surface area contributed by atoms with Gasteiger partial charge in [-0.25, -0.2) is 0 Å². The van der Waals surface area contributed by atoms with Crippen molar-refractivity contribution in [3.05, 3.63) is 46.2 Å². The van der Waals surface area contributed by atoms with Crippen molar-refractivity contribution < 1.29 is 24.2 Å². The molecule has 0 aliphatic carbocycles. The fraction of sp³-hybridized carbons (Fsp3) is 0.294. The van der Waals surface area contributed by atoms with Crippen LogP contribution in [-0.2, 0) is 4.79 Å². The number of rotatable bonds is 8. The maximum absolute atomic E-state index is 12.5. The first-order valence-corrected chi connectivity index (χ1v) is 8.30. The Bertz CT molecular complexity index is 699. The lowest BCUT2D eigenvalue weighted by Gasteiger charge is -2.16. The molecule has 1 aromatic heterocycles. The summed E-state index contributed by atoms with van der Waals surface area (Å²) in [6, 6.07) is 7.90. The predicted molar refractivity (Wildman–Crippen MR) is 90.9 cm³/mol. The van der Waals surface area contributed by atoms with Crippen LogP contribution in [0.1, 0.15) is 34.6 Å². The van der Waals surface area contributed by atoms with Crippen LogP contribution in [0.3, 0.4) is 0 Å². The molecule has 0 radical (unpaired) electrons. The number of amides is 1. The smallest absolute Gasteiger partial charge is 0.305 e. The SMILES string of the molecule is CCOc1cc(C(=O)N[C@H](CC(=O)O)c2cccs2)ccc1OC. The molecule has 0 unspecified atom stereocenters. The highest BCUT2D eigenvalue weighted by Crippen LogP contribution is 2.29. The average Bonchev–Trinajstić information content (AvgIpc) is 3.08. The Morgan fingerprint density at radius 1 is 1.29 bits per heavy atom. The molecule has 128 valence electrons. The molecule has 0 aliphatic rings. The first-order valence-electron chi connectivity index (χ1n) is 7.42. The molecule has 1 amide bonds. The number of nitrogens with one attached hydrogen (secondary N) is 1. The third-order valence-electron chi connectivity index (χ3n) is 3.30. The highest BCUT2D eigenvalue weighted by molar-refractivity contribution is 7.10. The Hall–Kier alpha value is -2.54. The van der Waals surface area contributed by atoms with Crippen LogP contribution in [0.4, 0.5) is 0 Å². The van der Waals surface area contributed by atoms with Crippen molar-refractivity contribution in [2.75, 3.05) is 13.7 Å². The minimum atomic E-state index is -0.974. The van der Waals surface area contributed by atoms with Crippen LogP contribution in [0.25, 0.3) is 0 Å².